The summed E-state index contributed by atoms with van der Waals surface area (Å²) in [6.07, 6.45) is 0.613. The summed E-state index contributed by atoms with van der Waals surface area (Å²) in [6.45, 7) is 6.51. The highest BCUT2D eigenvalue weighted by Crippen LogP contribution is 2.35. The fourth-order valence-corrected chi connectivity index (χ4v) is 2.28. The van der Waals surface area contributed by atoms with Gasteiger partial charge in [0.05, 0.1) is 24.7 Å². The molecule has 0 aliphatic carbocycles. The molecule has 8 heteroatoms. The predicted octanol–water partition coefficient (Wildman–Crippen LogP) is 2.45. The van der Waals surface area contributed by atoms with Gasteiger partial charge in [-0.25, -0.2) is 0 Å². The molecule has 1 unspecified atom stereocenters. The molecule has 8 nitrogen and oxygen atoms in total. The molecule has 0 radical (unpaired) electrons. The maximum atomic E-state index is 12.7. The molecule has 0 heterocycles. The van der Waals surface area contributed by atoms with Gasteiger partial charge in [0, 0.05) is 25.7 Å². The summed E-state index contributed by atoms with van der Waals surface area (Å²) in [6, 6.07) is 2.54. The fourth-order valence-electron chi connectivity index (χ4n) is 2.28. The lowest BCUT2D eigenvalue weighted by atomic mass is 10.0. The number of methoxy groups -OCH3 is 1. The van der Waals surface area contributed by atoms with Gasteiger partial charge >= 0.3 is 0 Å². The number of carbonyl (C=O) groups is 1. The SMILES string of the molecule is CCOc1cc([N+](=O)[O-])c(C(=O)N(C)CCC(N)C(C)C)cc1OC. The molecule has 1 atom stereocenters. The Balaban J connectivity index is 3.12. The molecule has 1 aromatic carbocycles. The van der Waals surface area contributed by atoms with E-state index in [0.29, 0.717) is 25.5 Å². The number of ether oxygens (including phenoxy) is 2. The largest absolute Gasteiger partial charge is 0.493 e. The van der Waals surface area contributed by atoms with Crippen molar-refractivity contribution in [1.29, 1.82) is 0 Å². The molecule has 25 heavy (non-hydrogen) atoms. The number of carbonyl (C=O) groups excluding carboxylic acids is 1. The van der Waals surface area contributed by atoms with Crippen LogP contribution in [0.2, 0.25) is 0 Å². The lowest BCUT2D eigenvalue weighted by molar-refractivity contribution is -0.385. The van der Waals surface area contributed by atoms with E-state index in [-0.39, 0.29) is 28.8 Å². The van der Waals surface area contributed by atoms with Gasteiger partial charge in [0.25, 0.3) is 11.6 Å². The van der Waals surface area contributed by atoms with Crippen LogP contribution in [-0.4, -0.2) is 49.1 Å². The second-order valence-corrected chi connectivity index (χ2v) is 6.13. The van der Waals surface area contributed by atoms with Gasteiger partial charge in [0.15, 0.2) is 11.5 Å². The lowest BCUT2D eigenvalue weighted by Gasteiger charge is -2.22. The summed E-state index contributed by atoms with van der Waals surface area (Å²) in [4.78, 5) is 24.9. The van der Waals surface area contributed by atoms with Crippen LogP contribution in [-0.2, 0) is 0 Å². The number of benzene rings is 1. The first-order chi connectivity index (χ1) is 11.7. The molecule has 1 aromatic rings. The average Bonchev–Trinajstić information content (AvgIpc) is 2.58. The minimum absolute atomic E-state index is 0.0362. The number of hydrogen-bond donors (Lipinski definition) is 1. The molecular formula is C17H27N3O5. The number of nitrogens with two attached hydrogens (primary N) is 1. The maximum Gasteiger partial charge on any atom is 0.286 e. The normalized spacial score (nSPS) is 12.0. The zero-order valence-corrected chi connectivity index (χ0v) is 15.4. The quantitative estimate of drug-likeness (QED) is 0.539. The van der Waals surface area contributed by atoms with Crippen molar-refractivity contribution in [3.05, 3.63) is 27.8 Å². The first-order valence-electron chi connectivity index (χ1n) is 8.23. The molecule has 0 fully saturated rings. The minimum atomic E-state index is -0.594. The fraction of sp³-hybridized carbons (Fsp3) is 0.588. The molecule has 0 saturated carbocycles. The van der Waals surface area contributed by atoms with Crippen LogP contribution >= 0.6 is 0 Å². The molecule has 0 spiro atoms. The van der Waals surface area contributed by atoms with Crippen molar-refractivity contribution in [1.82, 2.24) is 4.90 Å². The lowest BCUT2D eigenvalue weighted by Crippen LogP contribution is -2.34. The molecule has 1 rings (SSSR count). The standard InChI is InChI=1S/C17H27N3O5/c1-6-25-16-10-14(20(22)23)12(9-15(16)24-5)17(21)19(4)8-7-13(18)11(2)3/h9-11,13H,6-8,18H2,1-5H3. The van der Waals surface area contributed by atoms with Gasteiger partial charge in [0.1, 0.15) is 5.56 Å². The van der Waals surface area contributed by atoms with Crippen molar-refractivity contribution in [2.45, 2.75) is 33.2 Å². The van der Waals surface area contributed by atoms with Gasteiger partial charge in [-0.15, -0.1) is 0 Å². The van der Waals surface area contributed by atoms with Crippen molar-refractivity contribution in [3.63, 3.8) is 0 Å². The zero-order chi connectivity index (χ0) is 19.1. The molecule has 140 valence electrons. The van der Waals surface area contributed by atoms with Crippen molar-refractivity contribution < 1.29 is 19.2 Å². The molecule has 0 aliphatic rings. The number of hydrogen-bond acceptors (Lipinski definition) is 6. The zero-order valence-electron chi connectivity index (χ0n) is 15.4. The third-order valence-corrected chi connectivity index (χ3v) is 4.01. The molecule has 2 N–H and O–H groups in total. The Labute approximate surface area is 148 Å². The summed E-state index contributed by atoms with van der Waals surface area (Å²) in [5.74, 6) is 0.355. The van der Waals surface area contributed by atoms with Crippen molar-refractivity contribution in [3.8, 4) is 11.5 Å². The number of amides is 1. The first-order valence-corrected chi connectivity index (χ1v) is 8.23. The van der Waals surface area contributed by atoms with E-state index in [0.717, 1.165) is 0 Å². The van der Waals surface area contributed by atoms with Crippen LogP contribution in [0.25, 0.3) is 0 Å². The number of nitro benzene ring substituents is 1. The van der Waals surface area contributed by atoms with E-state index in [2.05, 4.69) is 0 Å². The van der Waals surface area contributed by atoms with Crippen LogP contribution in [0.3, 0.4) is 0 Å². The second kappa shape index (κ2) is 9.22. The van der Waals surface area contributed by atoms with Gasteiger partial charge in [-0.05, 0) is 19.3 Å². The third-order valence-electron chi connectivity index (χ3n) is 4.01. The van der Waals surface area contributed by atoms with Crippen molar-refractivity contribution in [2.24, 2.45) is 11.7 Å². The Bertz CT molecular complexity index is 619. The highest BCUT2D eigenvalue weighted by Gasteiger charge is 2.27. The Kier molecular flexibility index (Phi) is 7.63. The van der Waals surface area contributed by atoms with E-state index in [4.69, 9.17) is 15.2 Å². The van der Waals surface area contributed by atoms with Crippen LogP contribution in [0.1, 0.15) is 37.6 Å². The van der Waals surface area contributed by atoms with Gasteiger partial charge in [-0.2, -0.15) is 0 Å². The number of nitro groups is 1. The van der Waals surface area contributed by atoms with Crippen LogP contribution in [0, 0.1) is 16.0 Å². The van der Waals surface area contributed by atoms with Crippen LogP contribution < -0.4 is 15.2 Å². The van der Waals surface area contributed by atoms with Gasteiger partial charge < -0.3 is 20.1 Å². The first kappa shape index (κ1) is 20.7. The van der Waals surface area contributed by atoms with Crippen molar-refractivity contribution >= 4 is 11.6 Å². The molecule has 1 amide bonds. The summed E-state index contributed by atoms with van der Waals surface area (Å²) in [7, 11) is 3.02. The Morgan fingerprint density at radius 3 is 2.48 bits per heavy atom. The Morgan fingerprint density at radius 1 is 1.36 bits per heavy atom. The van der Waals surface area contributed by atoms with E-state index < -0.39 is 10.8 Å². The highest BCUT2D eigenvalue weighted by molar-refractivity contribution is 5.99. The Hall–Kier alpha value is -2.35. The number of nitrogens with zero attached hydrogens (tertiary/aromatic N) is 2. The number of rotatable bonds is 9. The molecule has 0 aliphatic heterocycles. The molecule has 0 saturated heterocycles. The van der Waals surface area contributed by atoms with Gasteiger partial charge in [-0.1, -0.05) is 13.8 Å². The summed E-state index contributed by atoms with van der Waals surface area (Å²) >= 11 is 0. The summed E-state index contributed by atoms with van der Waals surface area (Å²) < 4.78 is 10.5. The topological polar surface area (TPSA) is 108 Å². The van der Waals surface area contributed by atoms with Gasteiger partial charge in [-0.3, -0.25) is 14.9 Å². The summed E-state index contributed by atoms with van der Waals surface area (Å²) in [5, 5.41) is 11.4. The van der Waals surface area contributed by atoms with E-state index >= 15 is 0 Å². The van der Waals surface area contributed by atoms with E-state index in [1.54, 1.807) is 14.0 Å². The van der Waals surface area contributed by atoms with Crippen LogP contribution in [0.15, 0.2) is 12.1 Å². The van der Waals surface area contributed by atoms with Crippen LogP contribution in [0.4, 0.5) is 5.69 Å². The van der Waals surface area contributed by atoms with E-state index in [1.165, 1.54) is 24.1 Å². The summed E-state index contributed by atoms with van der Waals surface area (Å²) in [5.41, 5.74) is 5.65. The average molecular weight is 353 g/mol. The second-order valence-electron chi connectivity index (χ2n) is 6.13. The smallest absolute Gasteiger partial charge is 0.286 e. The predicted molar refractivity (Wildman–Crippen MR) is 95.2 cm³/mol. The van der Waals surface area contributed by atoms with Gasteiger partial charge in [0.2, 0.25) is 0 Å². The Morgan fingerprint density at radius 2 is 2.00 bits per heavy atom. The molecular weight excluding hydrogens is 326 g/mol. The monoisotopic (exact) mass is 353 g/mol. The maximum absolute atomic E-state index is 12.7. The third kappa shape index (κ3) is 5.32. The molecule has 0 bridgehead atoms. The minimum Gasteiger partial charge on any atom is -0.493 e. The van der Waals surface area contributed by atoms with E-state index in [9.17, 15) is 14.9 Å². The van der Waals surface area contributed by atoms with Crippen LogP contribution in [0.5, 0.6) is 11.5 Å². The molecule has 0 aromatic heterocycles. The highest BCUT2D eigenvalue weighted by atomic mass is 16.6. The van der Waals surface area contributed by atoms with E-state index in [1.807, 2.05) is 13.8 Å². The van der Waals surface area contributed by atoms with Crippen molar-refractivity contribution in [2.75, 3.05) is 27.3 Å².